The maximum atomic E-state index is 13.2. The summed E-state index contributed by atoms with van der Waals surface area (Å²) in [4.78, 5) is 30.8. The van der Waals surface area contributed by atoms with Gasteiger partial charge in [0.25, 0.3) is 11.8 Å². The fourth-order valence-corrected chi connectivity index (χ4v) is 2.97. The average Bonchev–Trinajstić information content (AvgIpc) is 2.63. The number of oxime groups is 1. The summed E-state index contributed by atoms with van der Waals surface area (Å²) >= 11 is 0. The number of hydrazine groups is 1. The number of benzene rings is 2. The van der Waals surface area contributed by atoms with Crippen LogP contribution in [-0.2, 0) is 4.94 Å². The molecule has 2 amide bonds. The van der Waals surface area contributed by atoms with E-state index in [0.29, 0.717) is 16.8 Å². The van der Waals surface area contributed by atoms with Crippen LogP contribution >= 0.6 is 0 Å². The Morgan fingerprint density at radius 3 is 2.36 bits per heavy atom. The molecule has 0 radical (unpaired) electrons. The minimum atomic E-state index is -0.618. The molecule has 1 heterocycles. The highest BCUT2D eigenvalue weighted by Crippen LogP contribution is 2.21. The second-order valence-electron chi connectivity index (χ2n) is 7.86. The number of nitrogens with one attached hydrogen (secondary N) is 2. The van der Waals surface area contributed by atoms with Crippen molar-refractivity contribution in [3.8, 4) is 0 Å². The molecule has 1 aliphatic rings. The Labute approximate surface area is 164 Å². The van der Waals surface area contributed by atoms with Gasteiger partial charge in [-0.3, -0.25) is 20.0 Å². The molecule has 2 N–H and O–H groups in total. The summed E-state index contributed by atoms with van der Waals surface area (Å²) in [5.41, 5.74) is 9.13. The summed E-state index contributed by atoms with van der Waals surface area (Å²) in [6.45, 7) is 9.48. The van der Waals surface area contributed by atoms with Gasteiger partial charge in [-0.25, -0.2) is 5.01 Å². The van der Waals surface area contributed by atoms with Gasteiger partial charge in [0.2, 0.25) is 0 Å². The molecule has 0 spiro atoms. The highest BCUT2D eigenvalue weighted by atomic mass is 16.8. The fraction of sp³-hybridized carbons (Fsp3) is 0.286. The number of carbonyl (C=O) groups is 2. The molecule has 2 aromatic carbocycles. The summed E-state index contributed by atoms with van der Waals surface area (Å²) in [5.74, 6) is -0.654. The van der Waals surface area contributed by atoms with E-state index in [0.717, 1.165) is 16.7 Å². The standard InChI is InChI=1S/C21H24N4O3/c1-13-8-14(2)10-17(9-13)20(27)25(21(3,4)5)23-19(26)15-6-7-16-12-22-28-24-18(16)11-15/h6-12,24H,1-5H3,(H,23,26). The molecular weight excluding hydrogens is 356 g/mol. The molecule has 0 atom stereocenters. The van der Waals surface area contributed by atoms with E-state index in [4.69, 9.17) is 4.94 Å². The Bertz CT molecular complexity index is 940. The number of amides is 2. The van der Waals surface area contributed by atoms with Crippen molar-refractivity contribution in [1.29, 1.82) is 0 Å². The molecular formula is C21H24N4O3. The van der Waals surface area contributed by atoms with Crippen LogP contribution in [0.15, 0.2) is 41.6 Å². The van der Waals surface area contributed by atoms with Crippen LogP contribution in [0.1, 0.15) is 58.2 Å². The smallest absolute Gasteiger partial charge is 0.271 e. The van der Waals surface area contributed by atoms with Crippen LogP contribution in [0.4, 0.5) is 5.69 Å². The van der Waals surface area contributed by atoms with Gasteiger partial charge in [-0.2, -0.15) is 5.48 Å². The molecule has 3 rings (SSSR count). The number of nitrogens with zero attached hydrogens (tertiary/aromatic N) is 2. The van der Waals surface area contributed by atoms with Crippen molar-refractivity contribution >= 4 is 23.7 Å². The van der Waals surface area contributed by atoms with Crippen LogP contribution < -0.4 is 10.9 Å². The minimum absolute atomic E-state index is 0.265. The van der Waals surface area contributed by atoms with Crippen molar-refractivity contribution in [2.45, 2.75) is 40.2 Å². The lowest BCUT2D eigenvalue weighted by Gasteiger charge is -2.35. The van der Waals surface area contributed by atoms with Gasteiger partial charge in [-0.1, -0.05) is 28.4 Å². The summed E-state index contributed by atoms with van der Waals surface area (Å²) < 4.78 is 0. The first-order chi connectivity index (χ1) is 13.1. The lowest BCUT2D eigenvalue weighted by molar-refractivity contribution is 0.0358. The number of hydrogen-bond acceptors (Lipinski definition) is 5. The molecule has 28 heavy (non-hydrogen) atoms. The van der Waals surface area contributed by atoms with Gasteiger partial charge in [0.1, 0.15) is 0 Å². The number of fused-ring (bicyclic) bond motifs is 1. The van der Waals surface area contributed by atoms with Gasteiger partial charge >= 0.3 is 0 Å². The van der Waals surface area contributed by atoms with Gasteiger partial charge < -0.3 is 0 Å². The largest absolute Gasteiger partial charge is 0.272 e. The Morgan fingerprint density at radius 1 is 1.04 bits per heavy atom. The molecule has 2 aromatic rings. The van der Waals surface area contributed by atoms with Crippen LogP contribution in [0.3, 0.4) is 0 Å². The molecule has 7 heteroatoms. The summed E-state index contributed by atoms with van der Waals surface area (Å²) in [5, 5.41) is 5.02. The van der Waals surface area contributed by atoms with E-state index in [1.165, 1.54) is 5.01 Å². The van der Waals surface area contributed by atoms with Crippen LogP contribution in [0, 0.1) is 13.8 Å². The van der Waals surface area contributed by atoms with E-state index >= 15 is 0 Å². The second-order valence-corrected chi connectivity index (χ2v) is 7.86. The van der Waals surface area contributed by atoms with Crippen LogP contribution in [0.25, 0.3) is 0 Å². The topological polar surface area (TPSA) is 83.0 Å². The second kappa shape index (κ2) is 7.34. The van der Waals surface area contributed by atoms with Gasteiger partial charge in [0.15, 0.2) is 0 Å². The zero-order valence-corrected chi connectivity index (χ0v) is 16.7. The maximum Gasteiger partial charge on any atom is 0.272 e. The Kier molecular flexibility index (Phi) is 5.09. The summed E-state index contributed by atoms with van der Waals surface area (Å²) in [6, 6.07) is 10.7. The van der Waals surface area contributed by atoms with E-state index in [2.05, 4.69) is 16.1 Å². The summed E-state index contributed by atoms with van der Waals surface area (Å²) in [6.07, 6.45) is 1.55. The third-order valence-electron chi connectivity index (χ3n) is 4.27. The van der Waals surface area contributed by atoms with Gasteiger partial charge in [0.05, 0.1) is 17.4 Å². The molecule has 7 nitrogen and oxygen atoms in total. The first-order valence-corrected chi connectivity index (χ1v) is 8.98. The van der Waals surface area contributed by atoms with Crippen molar-refractivity contribution in [3.63, 3.8) is 0 Å². The highest BCUT2D eigenvalue weighted by Gasteiger charge is 2.30. The van der Waals surface area contributed by atoms with Gasteiger partial charge in [0, 0.05) is 16.7 Å². The molecule has 146 valence electrons. The zero-order chi connectivity index (χ0) is 20.5. The van der Waals surface area contributed by atoms with Gasteiger partial charge in [-0.15, -0.1) is 0 Å². The minimum Gasteiger partial charge on any atom is -0.271 e. The molecule has 0 aromatic heterocycles. The predicted octanol–water partition coefficient (Wildman–Crippen LogP) is 3.58. The third kappa shape index (κ3) is 4.14. The monoisotopic (exact) mass is 380 g/mol. The van der Waals surface area contributed by atoms with E-state index in [1.54, 1.807) is 24.4 Å². The van der Waals surface area contributed by atoms with E-state index in [1.807, 2.05) is 52.8 Å². The van der Waals surface area contributed by atoms with E-state index in [-0.39, 0.29) is 11.8 Å². The van der Waals surface area contributed by atoms with Crippen molar-refractivity contribution in [2.24, 2.45) is 5.16 Å². The lowest BCUT2D eigenvalue weighted by atomic mass is 10.0. The normalized spacial score (nSPS) is 12.5. The number of aryl methyl sites for hydroxylation is 2. The molecule has 0 fully saturated rings. The average molecular weight is 380 g/mol. The molecule has 0 saturated heterocycles. The molecule has 0 saturated carbocycles. The maximum absolute atomic E-state index is 13.2. The van der Waals surface area contributed by atoms with Crippen molar-refractivity contribution in [1.82, 2.24) is 10.4 Å². The molecule has 0 bridgehead atoms. The SMILES string of the molecule is Cc1cc(C)cc(C(=O)N(NC(=O)c2ccc3c(c2)NON=C3)C(C)(C)C)c1. The van der Waals surface area contributed by atoms with Crippen molar-refractivity contribution < 1.29 is 14.5 Å². The quantitative estimate of drug-likeness (QED) is 0.780. The van der Waals surface area contributed by atoms with Crippen LogP contribution in [0.2, 0.25) is 0 Å². The first kappa shape index (κ1) is 19.4. The highest BCUT2D eigenvalue weighted by molar-refractivity contribution is 6.01. The summed E-state index contributed by atoms with van der Waals surface area (Å²) in [7, 11) is 0. The Hall–Kier alpha value is -3.35. The molecule has 1 aliphatic heterocycles. The van der Waals surface area contributed by atoms with E-state index in [9.17, 15) is 9.59 Å². The third-order valence-corrected chi connectivity index (χ3v) is 4.27. The number of anilines is 1. The van der Waals surface area contributed by atoms with E-state index < -0.39 is 5.54 Å². The fourth-order valence-electron chi connectivity index (χ4n) is 2.97. The molecule has 0 unspecified atom stereocenters. The number of carbonyl (C=O) groups excluding carboxylic acids is 2. The number of hydrogen-bond donors (Lipinski definition) is 2. The number of rotatable bonds is 2. The lowest BCUT2D eigenvalue weighted by Crippen LogP contribution is -2.55. The van der Waals surface area contributed by atoms with Crippen molar-refractivity contribution in [2.75, 3.05) is 5.48 Å². The predicted molar refractivity (Wildman–Crippen MR) is 108 cm³/mol. The van der Waals surface area contributed by atoms with Crippen molar-refractivity contribution in [3.05, 3.63) is 64.2 Å². The Balaban J connectivity index is 1.88. The van der Waals surface area contributed by atoms with Gasteiger partial charge in [-0.05, 0) is 58.9 Å². The Morgan fingerprint density at radius 2 is 1.71 bits per heavy atom. The van der Waals surface area contributed by atoms with Crippen LogP contribution in [0.5, 0.6) is 0 Å². The zero-order valence-electron chi connectivity index (χ0n) is 16.7. The molecule has 0 aliphatic carbocycles. The van der Waals surface area contributed by atoms with Crippen LogP contribution in [-0.4, -0.2) is 28.6 Å². The first-order valence-electron chi connectivity index (χ1n) is 8.98.